The third-order valence-electron chi connectivity index (χ3n) is 3.40. The molecule has 1 rings (SSSR count). The zero-order valence-electron chi connectivity index (χ0n) is 12.5. The molecule has 0 aliphatic heterocycles. The monoisotopic (exact) mass is 265 g/mol. The van der Waals surface area contributed by atoms with Crippen LogP contribution in [0.4, 0.5) is 0 Å². The van der Waals surface area contributed by atoms with Crippen LogP contribution in [0.2, 0.25) is 0 Å². The molecule has 0 heterocycles. The van der Waals surface area contributed by atoms with Gasteiger partial charge in [-0.05, 0) is 31.9 Å². The van der Waals surface area contributed by atoms with E-state index in [0.29, 0.717) is 11.2 Å². The van der Waals surface area contributed by atoms with E-state index in [-0.39, 0.29) is 8.07 Å². The molecule has 0 spiro atoms. The van der Waals surface area contributed by atoms with Gasteiger partial charge in [-0.25, -0.2) is 0 Å². The molecule has 0 bridgehead atoms. The summed E-state index contributed by atoms with van der Waals surface area (Å²) in [5.74, 6) is 0. The highest BCUT2D eigenvalue weighted by Crippen LogP contribution is 2.44. The van der Waals surface area contributed by atoms with Crippen molar-refractivity contribution in [3.63, 3.8) is 0 Å². The Balaban J connectivity index is 2.73. The summed E-state index contributed by atoms with van der Waals surface area (Å²) in [7, 11) is -0.151. The molecule has 1 nitrogen and oxygen atoms in total. The van der Waals surface area contributed by atoms with E-state index in [1.54, 1.807) is 0 Å². The largest absolute Gasteiger partial charge is 0.288 e. The van der Waals surface area contributed by atoms with Gasteiger partial charge >= 0.3 is 0 Å². The minimum Gasteiger partial charge on any atom is -0.288 e. The zero-order chi connectivity index (χ0) is 13.6. The van der Waals surface area contributed by atoms with Gasteiger partial charge in [0.2, 0.25) is 0 Å². The third kappa shape index (κ3) is 5.08. The van der Waals surface area contributed by atoms with Gasteiger partial charge in [-0.2, -0.15) is 0 Å². The first-order chi connectivity index (χ1) is 8.45. The number of benzene rings is 1. The van der Waals surface area contributed by atoms with E-state index in [0.717, 1.165) is 0 Å². The van der Waals surface area contributed by atoms with E-state index in [9.17, 15) is 0 Å². The fraction of sp³-hybridized carbons (Fsp3) is 0.625. The average Bonchev–Trinajstić information content (AvgIpc) is 2.34. The molecule has 2 heteroatoms. The van der Waals surface area contributed by atoms with E-state index in [2.05, 4.69) is 69.8 Å². The molecule has 1 unspecified atom stereocenters. The second-order valence-corrected chi connectivity index (χ2v) is 8.68. The third-order valence-corrected chi connectivity index (χ3v) is 6.12. The molecule has 0 radical (unpaired) electrons. The maximum Gasteiger partial charge on any atom is 0.0356 e. The van der Waals surface area contributed by atoms with Crippen LogP contribution in [0.5, 0.6) is 0 Å². The molecule has 0 saturated carbocycles. The summed E-state index contributed by atoms with van der Waals surface area (Å²) in [6.45, 7) is 11.6. The molecule has 1 aromatic rings. The average molecular weight is 265 g/mol. The normalized spacial score (nSPS) is 15.4. The van der Waals surface area contributed by atoms with E-state index >= 15 is 0 Å². The quantitative estimate of drug-likeness (QED) is 0.685. The number of rotatable bonds is 6. The molecule has 1 N–H and O–H groups in total. The summed E-state index contributed by atoms with van der Waals surface area (Å²) in [5, 5.41) is 4.24. The summed E-state index contributed by atoms with van der Waals surface area (Å²) in [6, 6.07) is 11.4. The Bertz CT molecular complexity index is 329. The van der Waals surface area contributed by atoms with Crippen LogP contribution >= 0.6 is 8.07 Å². The predicted octanol–water partition coefficient (Wildman–Crippen LogP) is 5.33. The Morgan fingerprint density at radius 2 is 1.78 bits per heavy atom. The number of hydrogen-bond acceptors (Lipinski definition) is 1. The highest BCUT2D eigenvalue weighted by Gasteiger charge is 2.23. The second kappa shape index (κ2) is 7.26. The van der Waals surface area contributed by atoms with Gasteiger partial charge in [-0.1, -0.05) is 70.9 Å². The van der Waals surface area contributed by atoms with Crippen molar-refractivity contribution in [2.75, 3.05) is 6.66 Å². The summed E-state index contributed by atoms with van der Waals surface area (Å²) in [4.78, 5) is 0. The molecule has 102 valence electrons. The van der Waals surface area contributed by atoms with Gasteiger partial charge in [-0.3, -0.25) is 5.09 Å². The summed E-state index contributed by atoms with van der Waals surface area (Å²) >= 11 is 0. The Labute approximate surface area is 114 Å². The van der Waals surface area contributed by atoms with Crippen molar-refractivity contribution in [3.8, 4) is 0 Å². The lowest BCUT2D eigenvalue weighted by Gasteiger charge is -2.33. The van der Waals surface area contributed by atoms with E-state index in [1.807, 2.05) is 0 Å². The van der Waals surface area contributed by atoms with Crippen LogP contribution in [0, 0.1) is 0 Å². The Morgan fingerprint density at radius 1 is 1.17 bits per heavy atom. The van der Waals surface area contributed by atoms with E-state index < -0.39 is 0 Å². The fourth-order valence-electron chi connectivity index (χ4n) is 1.83. The van der Waals surface area contributed by atoms with Gasteiger partial charge in [0.05, 0.1) is 0 Å². The van der Waals surface area contributed by atoms with Gasteiger partial charge in [-0.15, -0.1) is 0 Å². The molecule has 1 aromatic carbocycles. The number of nitrogens with one attached hydrogen (secondary N) is 1. The van der Waals surface area contributed by atoms with E-state index in [1.165, 1.54) is 24.8 Å². The maximum atomic E-state index is 3.87. The van der Waals surface area contributed by atoms with Crippen molar-refractivity contribution in [1.82, 2.24) is 5.09 Å². The lowest BCUT2D eigenvalue weighted by atomic mass is 10.0. The first kappa shape index (κ1) is 15.7. The minimum absolute atomic E-state index is 0.151. The van der Waals surface area contributed by atoms with Crippen LogP contribution in [0.25, 0.3) is 0 Å². The van der Waals surface area contributed by atoms with Crippen molar-refractivity contribution in [2.45, 2.75) is 58.2 Å². The molecule has 18 heavy (non-hydrogen) atoms. The summed E-state index contributed by atoms with van der Waals surface area (Å²) in [6.07, 6.45) is 3.80. The van der Waals surface area contributed by atoms with Crippen molar-refractivity contribution < 1.29 is 0 Å². The van der Waals surface area contributed by atoms with Crippen LogP contribution in [0.3, 0.4) is 0 Å². The van der Waals surface area contributed by atoms with Crippen LogP contribution in [-0.2, 0) is 0 Å². The fourth-order valence-corrected chi connectivity index (χ4v) is 2.96. The topological polar surface area (TPSA) is 12.0 Å². The summed E-state index contributed by atoms with van der Waals surface area (Å²) in [5.41, 5.74) is 1.43. The van der Waals surface area contributed by atoms with Crippen molar-refractivity contribution >= 4 is 8.07 Å². The van der Waals surface area contributed by atoms with E-state index in [4.69, 9.17) is 0 Å². The first-order valence-electron chi connectivity index (χ1n) is 7.00. The molecule has 0 saturated heterocycles. The molecule has 0 amide bonds. The SMILES string of the molecule is CCCC[C@@H](NP(C)C(C)(C)C)c1ccccc1. The molecule has 0 aromatic heterocycles. The molecule has 0 fully saturated rings. The lowest BCUT2D eigenvalue weighted by Crippen LogP contribution is -2.25. The van der Waals surface area contributed by atoms with Gasteiger partial charge in [0.15, 0.2) is 0 Å². The molecule has 0 aliphatic carbocycles. The Kier molecular flexibility index (Phi) is 6.32. The maximum absolute atomic E-state index is 3.87. The minimum atomic E-state index is -0.151. The molecule has 2 atom stereocenters. The van der Waals surface area contributed by atoms with Crippen molar-refractivity contribution in [3.05, 3.63) is 35.9 Å². The Hall–Kier alpha value is -0.390. The van der Waals surface area contributed by atoms with Gasteiger partial charge in [0.25, 0.3) is 0 Å². The van der Waals surface area contributed by atoms with Crippen LogP contribution in [0.1, 0.15) is 58.6 Å². The first-order valence-corrected chi connectivity index (χ1v) is 8.79. The highest BCUT2D eigenvalue weighted by molar-refractivity contribution is 7.56. The molecular formula is C16H28NP. The van der Waals surface area contributed by atoms with Gasteiger partial charge < -0.3 is 0 Å². The molecule has 0 aliphatic rings. The van der Waals surface area contributed by atoms with Crippen molar-refractivity contribution in [2.24, 2.45) is 0 Å². The Morgan fingerprint density at radius 3 is 2.28 bits per heavy atom. The van der Waals surface area contributed by atoms with Crippen LogP contribution in [0.15, 0.2) is 30.3 Å². The smallest absolute Gasteiger partial charge is 0.0356 e. The van der Waals surface area contributed by atoms with Gasteiger partial charge in [0, 0.05) is 6.04 Å². The van der Waals surface area contributed by atoms with Gasteiger partial charge in [0.1, 0.15) is 0 Å². The standard InChI is InChI=1S/C16H28NP/c1-6-7-13-15(14-11-9-8-10-12-14)17-18(5)16(2,3)4/h8-12,15,17H,6-7,13H2,1-5H3/t15-,18?/m1/s1. The predicted molar refractivity (Wildman–Crippen MR) is 84.4 cm³/mol. The second-order valence-electron chi connectivity index (χ2n) is 5.96. The van der Waals surface area contributed by atoms with Crippen LogP contribution < -0.4 is 5.09 Å². The number of unbranched alkanes of at least 4 members (excludes halogenated alkanes) is 1. The van der Waals surface area contributed by atoms with Crippen LogP contribution in [-0.4, -0.2) is 11.8 Å². The summed E-state index contributed by atoms with van der Waals surface area (Å²) < 4.78 is 0. The number of hydrogen-bond donors (Lipinski definition) is 1. The van der Waals surface area contributed by atoms with Crippen molar-refractivity contribution in [1.29, 1.82) is 0 Å². The zero-order valence-corrected chi connectivity index (χ0v) is 13.4. The molecular weight excluding hydrogens is 237 g/mol. The highest BCUT2D eigenvalue weighted by atomic mass is 31.1. The lowest BCUT2D eigenvalue weighted by molar-refractivity contribution is 0.563.